The summed E-state index contributed by atoms with van der Waals surface area (Å²) in [4.78, 5) is 3.81. The average Bonchev–Trinajstić information content (AvgIpc) is 2.19. The van der Waals surface area contributed by atoms with Crippen LogP contribution >= 0.6 is 12.2 Å². The Bertz CT molecular complexity index is 237. The van der Waals surface area contributed by atoms with E-state index in [1.807, 2.05) is 44.2 Å². The second-order valence-corrected chi connectivity index (χ2v) is 2.08. The molecule has 12 heavy (non-hydrogen) atoms. The van der Waals surface area contributed by atoms with Crippen molar-refractivity contribution in [1.29, 1.82) is 0 Å². The molecule has 0 aliphatic rings. The summed E-state index contributed by atoms with van der Waals surface area (Å²) in [5, 5.41) is 2.32. The van der Waals surface area contributed by atoms with Gasteiger partial charge < -0.3 is 0 Å². The Hall–Kier alpha value is -0.980. The molecule has 0 atom stereocenters. The lowest BCUT2D eigenvalue weighted by Crippen LogP contribution is -1.76. The topological polar surface area (TPSA) is 12.4 Å². The molecule has 0 saturated heterocycles. The number of nitrogens with zero attached hydrogens (tertiary/aromatic N) is 1. The highest BCUT2D eigenvalue weighted by Gasteiger charge is 1.84. The van der Waals surface area contributed by atoms with Gasteiger partial charge in [0.2, 0.25) is 0 Å². The van der Waals surface area contributed by atoms with Gasteiger partial charge in [0, 0.05) is 0 Å². The van der Waals surface area contributed by atoms with Crippen LogP contribution in [0.1, 0.15) is 19.4 Å². The van der Waals surface area contributed by atoms with E-state index in [1.54, 1.807) is 0 Å². The van der Waals surface area contributed by atoms with Crippen molar-refractivity contribution >= 4 is 17.4 Å². The smallest absolute Gasteiger partial charge is 0.0743 e. The molecule has 1 nitrogen and oxygen atoms in total. The fourth-order valence-electron chi connectivity index (χ4n) is 0.707. The largest absolute Gasteiger partial charge is 0.228 e. The standard InChI is InChI=1S/C8H7NS.C2H6/c10-7-9-6-8-4-2-1-3-5-8;1-2/h1-5H,6H2;1-2H3. The molecule has 0 unspecified atom stereocenters. The average molecular weight is 179 g/mol. The number of hydrogen-bond acceptors (Lipinski definition) is 2. The molecule has 0 bridgehead atoms. The summed E-state index contributed by atoms with van der Waals surface area (Å²) in [5.41, 5.74) is 1.17. The second-order valence-electron chi connectivity index (χ2n) is 1.89. The molecule has 64 valence electrons. The molecule has 0 spiro atoms. The van der Waals surface area contributed by atoms with Gasteiger partial charge in [-0.1, -0.05) is 44.2 Å². The highest BCUT2D eigenvalue weighted by Crippen LogP contribution is 1.98. The van der Waals surface area contributed by atoms with Crippen molar-refractivity contribution < 1.29 is 0 Å². The van der Waals surface area contributed by atoms with E-state index in [4.69, 9.17) is 0 Å². The molecule has 0 aliphatic heterocycles. The zero-order valence-corrected chi connectivity index (χ0v) is 8.27. The summed E-state index contributed by atoms with van der Waals surface area (Å²) in [5.74, 6) is 0. The van der Waals surface area contributed by atoms with Gasteiger partial charge in [0.15, 0.2) is 0 Å². The Morgan fingerprint density at radius 1 is 1.25 bits per heavy atom. The summed E-state index contributed by atoms with van der Waals surface area (Å²) in [6, 6.07) is 9.96. The fraction of sp³-hybridized carbons (Fsp3) is 0.300. The van der Waals surface area contributed by atoms with Gasteiger partial charge in [-0.25, -0.2) is 4.99 Å². The lowest BCUT2D eigenvalue weighted by atomic mass is 10.2. The van der Waals surface area contributed by atoms with Gasteiger partial charge >= 0.3 is 0 Å². The number of isothiocyanates is 1. The third-order valence-corrected chi connectivity index (χ3v) is 1.30. The first-order valence-electron chi connectivity index (χ1n) is 4.01. The first-order valence-corrected chi connectivity index (χ1v) is 4.42. The molecular weight excluding hydrogens is 166 g/mol. The van der Waals surface area contributed by atoms with Crippen molar-refractivity contribution in [1.82, 2.24) is 0 Å². The molecule has 0 aromatic heterocycles. The summed E-state index contributed by atoms with van der Waals surface area (Å²) < 4.78 is 0. The molecule has 1 aromatic carbocycles. The highest BCUT2D eigenvalue weighted by molar-refractivity contribution is 7.78. The third-order valence-electron chi connectivity index (χ3n) is 1.17. The quantitative estimate of drug-likeness (QED) is 0.501. The minimum absolute atomic E-state index is 0.643. The van der Waals surface area contributed by atoms with Crippen molar-refractivity contribution in [3.05, 3.63) is 35.9 Å². The van der Waals surface area contributed by atoms with Crippen LogP contribution in [0.5, 0.6) is 0 Å². The molecule has 1 aromatic rings. The predicted molar refractivity (Wildman–Crippen MR) is 56.5 cm³/mol. The van der Waals surface area contributed by atoms with E-state index in [-0.39, 0.29) is 0 Å². The van der Waals surface area contributed by atoms with Crippen LogP contribution in [0.3, 0.4) is 0 Å². The maximum atomic E-state index is 4.43. The fourth-order valence-corrected chi connectivity index (χ4v) is 0.772. The first kappa shape index (κ1) is 11.0. The van der Waals surface area contributed by atoms with Crippen LogP contribution in [0, 0.1) is 0 Å². The Labute approximate surface area is 79.2 Å². The lowest BCUT2D eigenvalue weighted by molar-refractivity contribution is 1.08. The van der Waals surface area contributed by atoms with Crippen molar-refractivity contribution in [2.24, 2.45) is 4.99 Å². The van der Waals surface area contributed by atoms with Gasteiger partial charge in [0.05, 0.1) is 11.7 Å². The number of benzene rings is 1. The number of hydrogen-bond donors (Lipinski definition) is 0. The van der Waals surface area contributed by atoms with Crippen molar-refractivity contribution in [2.75, 3.05) is 0 Å². The van der Waals surface area contributed by atoms with Crippen LogP contribution in [0.25, 0.3) is 0 Å². The predicted octanol–water partition coefficient (Wildman–Crippen LogP) is 3.32. The molecule has 0 saturated carbocycles. The molecular formula is C10H13NS. The molecule has 0 fully saturated rings. The molecule has 0 heterocycles. The van der Waals surface area contributed by atoms with E-state index in [0.29, 0.717) is 6.54 Å². The summed E-state index contributed by atoms with van der Waals surface area (Å²) in [7, 11) is 0. The van der Waals surface area contributed by atoms with Gasteiger partial charge in [-0.15, -0.1) is 0 Å². The molecule has 0 radical (unpaired) electrons. The normalized spacial score (nSPS) is 7.50. The summed E-state index contributed by atoms with van der Waals surface area (Å²) >= 11 is 4.43. The molecule has 0 aliphatic carbocycles. The van der Waals surface area contributed by atoms with E-state index in [2.05, 4.69) is 22.4 Å². The van der Waals surface area contributed by atoms with Crippen LogP contribution < -0.4 is 0 Å². The SMILES string of the molecule is CC.S=C=NCc1ccccc1. The Morgan fingerprint density at radius 2 is 1.83 bits per heavy atom. The van der Waals surface area contributed by atoms with Gasteiger partial charge in [0.25, 0.3) is 0 Å². The van der Waals surface area contributed by atoms with Crippen LogP contribution in [0.2, 0.25) is 0 Å². The van der Waals surface area contributed by atoms with Crippen molar-refractivity contribution in [3.8, 4) is 0 Å². The molecule has 1 rings (SSSR count). The lowest BCUT2D eigenvalue weighted by Gasteiger charge is -1.90. The van der Waals surface area contributed by atoms with Crippen LogP contribution in [0.15, 0.2) is 35.3 Å². The monoisotopic (exact) mass is 179 g/mol. The maximum absolute atomic E-state index is 4.43. The Balaban J connectivity index is 0.000000561. The van der Waals surface area contributed by atoms with E-state index in [9.17, 15) is 0 Å². The molecule has 2 heteroatoms. The summed E-state index contributed by atoms with van der Waals surface area (Å²) in [6.45, 7) is 4.64. The van der Waals surface area contributed by atoms with E-state index in [1.165, 1.54) is 5.56 Å². The maximum Gasteiger partial charge on any atom is 0.0743 e. The summed E-state index contributed by atoms with van der Waals surface area (Å²) in [6.07, 6.45) is 0. The zero-order valence-electron chi connectivity index (χ0n) is 7.45. The third kappa shape index (κ3) is 4.78. The highest BCUT2D eigenvalue weighted by atomic mass is 32.1. The van der Waals surface area contributed by atoms with Crippen LogP contribution in [-0.4, -0.2) is 5.16 Å². The van der Waals surface area contributed by atoms with Crippen molar-refractivity contribution in [2.45, 2.75) is 20.4 Å². The Kier molecular flexibility index (Phi) is 7.46. The first-order chi connectivity index (χ1) is 5.93. The van der Waals surface area contributed by atoms with Crippen LogP contribution in [-0.2, 0) is 6.54 Å². The van der Waals surface area contributed by atoms with Gasteiger partial charge in [0.1, 0.15) is 0 Å². The van der Waals surface area contributed by atoms with E-state index >= 15 is 0 Å². The van der Waals surface area contributed by atoms with E-state index in [0.717, 1.165) is 0 Å². The van der Waals surface area contributed by atoms with Crippen molar-refractivity contribution in [3.63, 3.8) is 0 Å². The van der Waals surface area contributed by atoms with Gasteiger partial charge in [-0.05, 0) is 17.8 Å². The minimum Gasteiger partial charge on any atom is -0.228 e. The Morgan fingerprint density at radius 3 is 2.33 bits per heavy atom. The van der Waals surface area contributed by atoms with E-state index < -0.39 is 0 Å². The van der Waals surface area contributed by atoms with Gasteiger partial charge in [-0.3, -0.25) is 0 Å². The molecule has 0 amide bonds. The molecule has 0 N–H and O–H groups in total. The zero-order chi connectivity index (χ0) is 9.23. The van der Waals surface area contributed by atoms with Crippen LogP contribution in [0.4, 0.5) is 0 Å². The number of rotatable bonds is 2. The minimum atomic E-state index is 0.643. The second kappa shape index (κ2) is 8.12. The number of aliphatic imine (C=N–C) groups is 1. The van der Waals surface area contributed by atoms with Gasteiger partial charge in [-0.2, -0.15) is 0 Å². The number of thiocarbonyl (C=S) groups is 1.